The molecule has 0 radical (unpaired) electrons. The highest BCUT2D eigenvalue weighted by molar-refractivity contribution is 4.75. The van der Waals surface area contributed by atoms with Gasteiger partial charge in [-0.25, -0.2) is 0 Å². The Morgan fingerprint density at radius 2 is 2.22 bits per heavy atom. The van der Waals surface area contributed by atoms with E-state index in [1.807, 2.05) is 0 Å². The Labute approximate surface area is 54.1 Å². The molecule has 0 aromatic heterocycles. The fourth-order valence-corrected chi connectivity index (χ4v) is 0.477. The molecule has 0 heterocycles. The molecule has 0 aliphatic carbocycles. The molecule has 1 atom stereocenters. The fourth-order valence-electron chi connectivity index (χ4n) is 0.477. The summed E-state index contributed by atoms with van der Waals surface area (Å²) in [6.45, 7) is 3.63. The van der Waals surface area contributed by atoms with Crippen molar-refractivity contribution in [1.29, 1.82) is 0 Å². The predicted molar refractivity (Wildman–Crippen MR) is 33.1 cm³/mol. The summed E-state index contributed by atoms with van der Waals surface area (Å²) in [5.41, 5.74) is 5.15. The first-order chi connectivity index (χ1) is 4.22. The summed E-state index contributed by atoms with van der Waals surface area (Å²) in [5, 5.41) is 16.9. The van der Waals surface area contributed by atoms with Crippen molar-refractivity contribution in [2.24, 2.45) is 5.73 Å². The molecule has 0 amide bonds. The lowest BCUT2D eigenvalue weighted by Crippen LogP contribution is -2.35. The van der Waals surface area contributed by atoms with Crippen LogP contribution in [0.25, 0.3) is 0 Å². The van der Waals surface area contributed by atoms with E-state index >= 15 is 0 Å². The second-order valence-electron chi connectivity index (χ2n) is 1.73. The molecule has 0 rings (SSSR count). The minimum Gasteiger partial charge on any atom is -0.329 e. The normalized spacial score (nSPS) is 13.8. The van der Waals surface area contributed by atoms with E-state index in [1.54, 1.807) is 6.08 Å². The van der Waals surface area contributed by atoms with Crippen LogP contribution < -0.4 is 5.73 Å². The molecule has 0 bridgehead atoms. The van der Waals surface area contributed by atoms with Crippen molar-refractivity contribution < 1.29 is 10.4 Å². The van der Waals surface area contributed by atoms with Gasteiger partial charge < -0.3 is 5.73 Å². The molecule has 0 aromatic carbocycles. The molecular formula is C5H12N2O2. The molecule has 4 nitrogen and oxygen atoms in total. The minimum absolute atomic E-state index is 0.113. The van der Waals surface area contributed by atoms with Crippen LogP contribution >= 0.6 is 0 Å². The van der Waals surface area contributed by atoms with Gasteiger partial charge in [0.1, 0.15) is 0 Å². The third-order valence-electron chi connectivity index (χ3n) is 1.04. The fraction of sp³-hybridized carbons (Fsp3) is 0.600. The van der Waals surface area contributed by atoms with Crippen LogP contribution in [-0.2, 0) is 0 Å². The monoisotopic (exact) mass is 132 g/mol. The maximum Gasteiger partial charge on any atom is 0.0779 e. The van der Waals surface area contributed by atoms with E-state index in [4.69, 9.17) is 16.1 Å². The van der Waals surface area contributed by atoms with Crippen molar-refractivity contribution in [2.45, 2.75) is 12.5 Å². The summed E-state index contributed by atoms with van der Waals surface area (Å²) >= 11 is 0. The Morgan fingerprint density at radius 3 is 2.33 bits per heavy atom. The van der Waals surface area contributed by atoms with E-state index in [-0.39, 0.29) is 11.8 Å². The van der Waals surface area contributed by atoms with Gasteiger partial charge in [0.25, 0.3) is 0 Å². The van der Waals surface area contributed by atoms with Crippen molar-refractivity contribution in [3.8, 4) is 0 Å². The van der Waals surface area contributed by atoms with Crippen LogP contribution in [0.2, 0.25) is 0 Å². The smallest absolute Gasteiger partial charge is 0.0779 e. The van der Waals surface area contributed by atoms with Gasteiger partial charge in [-0.1, -0.05) is 11.3 Å². The molecule has 0 spiro atoms. The Kier molecular flexibility index (Phi) is 4.25. The van der Waals surface area contributed by atoms with Crippen LogP contribution in [0.5, 0.6) is 0 Å². The van der Waals surface area contributed by atoms with E-state index in [2.05, 4.69) is 6.58 Å². The average molecular weight is 132 g/mol. The first kappa shape index (κ1) is 8.58. The molecule has 0 saturated heterocycles. The topological polar surface area (TPSA) is 69.7 Å². The Morgan fingerprint density at radius 1 is 1.67 bits per heavy atom. The SMILES string of the molecule is C=CCC(CN)N(O)O. The largest absolute Gasteiger partial charge is 0.329 e. The number of nitrogens with zero attached hydrogens (tertiary/aromatic N) is 1. The molecular weight excluding hydrogens is 120 g/mol. The molecule has 54 valence electrons. The maximum atomic E-state index is 8.40. The zero-order valence-electron chi connectivity index (χ0n) is 5.20. The van der Waals surface area contributed by atoms with Gasteiger partial charge in [0.15, 0.2) is 0 Å². The van der Waals surface area contributed by atoms with Gasteiger partial charge in [-0.15, -0.1) is 6.58 Å². The molecule has 0 aliphatic heterocycles. The highest BCUT2D eigenvalue weighted by Crippen LogP contribution is 1.95. The van der Waals surface area contributed by atoms with E-state index in [0.29, 0.717) is 6.42 Å². The highest BCUT2D eigenvalue weighted by atomic mass is 16.8. The van der Waals surface area contributed by atoms with Gasteiger partial charge in [0.2, 0.25) is 0 Å². The van der Waals surface area contributed by atoms with Gasteiger partial charge in [-0.05, 0) is 6.42 Å². The second-order valence-corrected chi connectivity index (χ2v) is 1.73. The van der Waals surface area contributed by atoms with Crippen LogP contribution in [0.4, 0.5) is 0 Å². The number of hydrogen-bond acceptors (Lipinski definition) is 4. The summed E-state index contributed by atoms with van der Waals surface area (Å²) < 4.78 is 0. The highest BCUT2D eigenvalue weighted by Gasteiger charge is 2.09. The Bertz CT molecular complexity index is 85.0. The van der Waals surface area contributed by atoms with Crippen LogP contribution in [0, 0.1) is 0 Å². The van der Waals surface area contributed by atoms with Crippen molar-refractivity contribution >= 4 is 0 Å². The molecule has 9 heavy (non-hydrogen) atoms. The van der Waals surface area contributed by atoms with E-state index < -0.39 is 6.04 Å². The molecule has 0 fully saturated rings. The lowest BCUT2D eigenvalue weighted by Gasteiger charge is -2.15. The Hall–Kier alpha value is -0.420. The molecule has 0 aromatic rings. The maximum absolute atomic E-state index is 8.40. The molecule has 4 N–H and O–H groups in total. The molecule has 1 unspecified atom stereocenters. The summed E-state index contributed by atoms with van der Waals surface area (Å²) in [6.07, 6.45) is 2.06. The van der Waals surface area contributed by atoms with Crippen LogP contribution in [0.15, 0.2) is 12.7 Å². The zero-order chi connectivity index (χ0) is 7.28. The van der Waals surface area contributed by atoms with Gasteiger partial charge in [0.05, 0.1) is 6.04 Å². The number of hydrogen-bond donors (Lipinski definition) is 3. The van der Waals surface area contributed by atoms with E-state index in [1.165, 1.54) is 0 Å². The first-order valence-electron chi connectivity index (χ1n) is 2.70. The third-order valence-corrected chi connectivity index (χ3v) is 1.04. The molecule has 0 aliphatic rings. The van der Waals surface area contributed by atoms with E-state index in [0.717, 1.165) is 0 Å². The van der Waals surface area contributed by atoms with Gasteiger partial charge in [0, 0.05) is 6.54 Å². The van der Waals surface area contributed by atoms with Crippen molar-refractivity contribution in [2.75, 3.05) is 6.54 Å². The number of nitrogens with two attached hydrogens (primary N) is 1. The quantitative estimate of drug-likeness (QED) is 0.371. The molecule has 0 saturated carbocycles. The summed E-state index contributed by atoms with van der Waals surface area (Å²) in [5.74, 6) is 0. The zero-order valence-corrected chi connectivity index (χ0v) is 5.20. The van der Waals surface area contributed by atoms with Crippen molar-refractivity contribution in [3.05, 3.63) is 12.7 Å². The minimum atomic E-state index is -0.428. The summed E-state index contributed by atoms with van der Waals surface area (Å²) in [7, 11) is 0. The molecule has 4 heteroatoms. The van der Waals surface area contributed by atoms with Crippen LogP contribution in [0.3, 0.4) is 0 Å². The summed E-state index contributed by atoms with van der Waals surface area (Å²) in [6, 6.07) is -0.428. The Balaban J connectivity index is 3.53. The lowest BCUT2D eigenvalue weighted by molar-refractivity contribution is -0.329. The predicted octanol–water partition coefficient (Wildman–Crippen LogP) is -0.0298. The average Bonchev–Trinajstić information content (AvgIpc) is 1.82. The van der Waals surface area contributed by atoms with Gasteiger partial charge in [-0.2, -0.15) is 0 Å². The first-order valence-corrected chi connectivity index (χ1v) is 2.70. The van der Waals surface area contributed by atoms with Crippen molar-refractivity contribution in [1.82, 2.24) is 5.23 Å². The standard InChI is InChI=1S/C5H12N2O2/c1-2-3-5(4-6)7(8)9/h2,5,8-9H,1,3-4,6H2. The van der Waals surface area contributed by atoms with Gasteiger partial charge >= 0.3 is 0 Å². The van der Waals surface area contributed by atoms with E-state index in [9.17, 15) is 0 Å². The second kappa shape index (κ2) is 4.46. The number of rotatable bonds is 4. The van der Waals surface area contributed by atoms with Crippen LogP contribution in [-0.4, -0.2) is 28.2 Å². The number of hydroxylamine groups is 2. The lowest BCUT2D eigenvalue weighted by atomic mass is 10.2. The van der Waals surface area contributed by atoms with Crippen molar-refractivity contribution in [3.63, 3.8) is 0 Å². The summed E-state index contributed by atoms with van der Waals surface area (Å²) in [4.78, 5) is 0. The van der Waals surface area contributed by atoms with Crippen LogP contribution in [0.1, 0.15) is 6.42 Å². The third kappa shape index (κ3) is 3.21. The van der Waals surface area contributed by atoms with Gasteiger partial charge in [-0.3, -0.25) is 10.4 Å².